The SMILES string of the molecule is CN(CCCNc1cc(-c2ccccc2Cl)nc2c(Br)cnn12)C(=O)c1ccc2[nH]ccc2c1. The van der Waals surface area contributed by atoms with E-state index < -0.39 is 0 Å². The summed E-state index contributed by atoms with van der Waals surface area (Å²) in [6.07, 6.45) is 4.36. The standard InChI is InChI=1S/C25H22BrClN6O/c1-32(25(34)17-7-8-21-16(13-17)9-11-28-21)12-4-10-29-23-14-22(18-5-2-3-6-20(18)27)31-24-19(26)15-30-33(23)24/h2-3,5-9,11,13-15,28-29H,4,10,12H2,1H3. The summed E-state index contributed by atoms with van der Waals surface area (Å²) in [5.74, 6) is 0.809. The van der Waals surface area contributed by atoms with Crippen LogP contribution in [0.5, 0.6) is 0 Å². The van der Waals surface area contributed by atoms with E-state index in [2.05, 4.69) is 31.3 Å². The summed E-state index contributed by atoms with van der Waals surface area (Å²) in [5.41, 5.74) is 4.02. The number of nitrogens with one attached hydrogen (secondary N) is 2. The summed E-state index contributed by atoms with van der Waals surface area (Å²) in [4.78, 5) is 22.5. The van der Waals surface area contributed by atoms with E-state index in [9.17, 15) is 4.79 Å². The van der Waals surface area contributed by atoms with Gasteiger partial charge in [0.05, 0.1) is 16.4 Å². The molecule has 0 spiro atoms. The van der Waals surface area contributed by atoms with Crippen LogP contribution in [0, 0.1) is 0 Å². The fraction of sp³-hybridized carbons (Fsp3) is 0.160. The van der Waals surface area contributed by atoms with Crippen LogP contribution >= 0.6 is 27.5 Å². The van der Waals surface area contributed by atoms with Crippen LogP contribution in [0.15, 0.2) is 71.5 Å². The maximum absolute atomic E-state index is 12.8. The van der Waals surface area contributed by atoms with Gasteiger partial charge < -0.3 is 15.2 Å². The average Bonchev–Trinajstić information content (AvgIpc) is 3.47. The number of anilines is 1. The number of hydrogen-bond donors (Lipinski definition) is 2. The minimum absolute atomic E-state index is 0.00594. The van der Waals surface area contributed by atoms with Crippen LogP contribution in [-0.2, 0) is 0 Å². The molecule has 5 rings (SSSR count). The second-order valence-corrected chi connectivity index (χ2v) is 9.28. The number of nitrogens with zero attached hydrogens (tertiary/aromatic N) is 4. The molecule has 34 heavy (non-hydrogen) atoms. The summed E-state index contributed by atoms with van der Waals surface area (Å²) < 4.78 is 2.56. The number of carbonyl (C=O) groups excluding carboxylic acids is 1. The third-order valence-corrected chi connectivity index (χ3v) is 6.59. The first kappa shape index (κ1) is 22.4. The van der Waals surface area contributed by atoms with Gasteiger partial charge >= 0.3 is 0 Å². The molecule has 0 aliphatic carbocycles. The van der Waals surface area contributed by atoms with Gasteiger partial charge in [0.25, 0.3) is 5.91 Å². The Morgan fingerprint density at radius 3 is 2.91 bits per heavy atom. The minimum atomic E-state index is 0.00594. The Morgan fingerprint density at radius 1 is 1.21 bits per heavy atom. The van der Waals surface area contributed by atoms with E-state index in [0.717, 1.165) is 38.9 Å². The highest BCUT2D eigenvalue weighted by Gasteiger charge is 2.14. The predicted octanol–water partition coefficient (Wildman–Crippen LogP) is 5.87. The number of rotatable bonds is 7. The molecule has 3 aromatic heterocycles. The van der Waals surface area contributed by atoms with Crippen molar-refractivity contribution in [2.24, 2.45) is 0 Å². The van der Waals surface area contributed by atoms with Crippen molar-refractivity contribution >= 4 is 55.8 Å². The molecule has 0 saturated heterocycles. The van der Waals surface area contributed by atoms with E-state index in [0.29, 0.717) is 29.3 Å². The number of hydrogen-bond acceptors (Lipinski definition) is 4. The lowest BCUT2D eigenvalue weighted by atomic mass is 10.1. The first-order valence-corrected chi connectivity index (χ1v) is 12.0. The highest BCUT2D eigenvalue weighted by molar-refractivity contribution is 9.10. The monoisotopic (exact) mass is 536 g/mol. The van der Waals surface area contributed by atoms with Gasteiger partial charge in [-0.25, -0.2) is 4.98 Å². The van der Waals surface area contributed by atoms with Crippen LogP contribution in [0.2, 0.25) is 5.02 Å². The molecule has 2 aromatic carbocycles. The molecule has 1 amide bonds. The molecule has 9 heteroatoms. The molecule has 0 radical (unpaired) electrons. The van der Waals surface area contributed by atoms with Gasteiger partial charge in [0, 0.05) is 59.5 Å². The summed E-state index contributed by atoms with van der Waals surface area (Å²) in [7, 11) is 1.83. The van der Waals surface area contributed by atoms with Gasteiger partial charge in [0.1, 0.15) is 5.82 Å². The van der Waals surface area contributed by atoms with Gasteiger partial charge in [-0.2, -0.15) is 9.61 Å². The lowest BCUT2D eigenvalue weighted by molar-refractivity contribution is 0.0795. The summed E-state index contributed by atoms with van der Waals surface area (Å²) in [5, 5.41) is 9.53. The molecule has 0 saturated carbocycles. The highest BCUT2D eigenvalue weighted by atomic mass is 79.9. The van der Waals surface area contributed by atoms with E-state index in [4.69, 9.17) is 16.6 Å². The van der Waals surface area contributed by atoms with Crippen LogP contribution in [-0.4, -0.2) is 50.5 Å². The number of halogens is 2. The van der Waals surface area contributed by atoms with Crippen LogP contribution < -0.4 is 5.32 Å². The van der Waals surface area contributed by atoms with Crippen molar-refractivity contribution in [3.8, 4) is 11.3 Å². The zero-order valence-electron chi connectivity index (χ0n) is 18.4. The second kappa shape index (κ2) is 9.48. The van der Waals surface area contributed by atoms with Crippen LogP contribution in [0.3, 0.4) is 0 Å². The number of H-pyrrole nitrogens is 1. The van der Waals surface area contributed by atoms with Crippen molar-refractivity contribution < 1.29 is 4.79 Å². The third-order valence-electron chi connectivity index (χ3n) is 5.70. The lowest BCUT2D eigenvalue weighted by Gasteiger charge is -2.18. The number of fused-ring (bicyclic) bond motifs is 2. The summed E-state index contributed by atoms with van der Waals surface area (Å²) in [6.45, 7) is 1.28. The molecule has 172 valence electrons. The van der Waals surface area contributed by atoms with Gasteiger partial charge in [0.2, 0.25) is 0 Å². The first-order chi connectivity index (χ1) is 16.5. The Morgan fingerprint density at radius 2 is 2.06 bits per heavy atom. The van der Waals surface area contributed by atoms with Crippen LogP contribution in [0.25, 0.3) is 27.8 Å². The number of aromatic nitrogens is 4. The molecule has 0 bridgehead atoms. The van der Waals surface area contributed by atoms with Crippen molar-refractivity contribution in [2.45, 2.75) is 6.42 Å². The number of amides is 1. The Balaban J connectivity index is 1.27. The van der Waals surface area contributed by atoms with Crippen LogP contribution in [0.4, 0.5) is 5.82 Å². The van der Waals surface area contributed by atoms with E-state index in [-0.39, 0.29) is 5.91 Å². The molecular formula is C25H22BrClN6O. The number of carbonyl (C=O) groups is 1. The third kappa shape index (κ3) is 4.38. The second-order valence-electron chi connectivity index (χ2n) is 8.02. The van der Waals surface area contributed by atoms with E-state index >= 15 is 0 Å². The van der Waals surface area contributed by atoms with Crippen molar-refractivity contribution in [1.82, 2.24) is 24.5 Å². The minimum Gasteiger partial charge on any atom is -0.370 e. The van der Waals surface area contributed by atoms with Crippen molar-refractivity contribution in [3.05, 3.63) is 82.0 Å². The van der Waals surface area contributed by atoms with E-state index in [1.54, 1.807) is 15.6 Å². The molecular weight excluding hydrogens is 516 g/mol. The predicted molar refractivity (Wildman–Crippen MR) is 139 cm³/mol. The summed E-state index contributed by atoms with van der Waals surface area (Å²) >= 11 is 9.93. The lowest BCUT2D eigenvalue weighted by Crippen LogP contribution is -2.28. The van der Waals surface area contributed by atoms with Gasteiger partial charge in [-0.3, -0.25) is 4.79 Å². The highest BCUT2D eigenvalue weighted by Crippen LogP contribution is 2.30. The molecule has 2 N–H and O–H groups in total. The van der Waals surface area contributed by atoms with Crippen molar-refractivity contribution in [2.75, 3.05) is 25.5 Å². The normalized spacial score (nSPS) is 11.3. The zero-order chi connectivity index (χ0) is 23.7. The maximum atomic E-state index is 12.8. The molecule has 7 nitrogen and oxygen atoms in total. The Hall–Kier alpha value is -3.36. The van der Waals surface area contributed by atoms with E-state index in [1.807, 2.05) is 67.8 Å². The zero-order valence-corrected chi connectivity index (χ0v) is 20.8. The largest absolute Gasteiger partial charge is 0.370 e. The Bertz CT molecular complexity index is 1490. The van der Waals surface area contributed by atoms with Gasteiger partial charge in [0.15, 0.2) is 5.65 Å². The molecule has 5 aromatic rings. The fourth-order valence-corrected chi connectivity index (χ4v) is 4.49. The Kier molecular flexibility index (Phi) is 6.26. The van der Waals surface area contributed by atoms with Crippen LogP contribution in [0.1, 0.15) is 16.8 Å². The molecule has 3 heterocycles. The van der Waals surface area contributed by atoms with E-state index in [1.165, 1.54) is 0 Å². The van der Waals surface area contributed by atoms with Gasteiger partial charge in [-0.1, -0.05) is 29.8 Å². The molecule has 0 aliphatic rings. The topological polar surface area (TPSA) is 78.3 Å². The van der Waals surface area contributed by atoms with Crippen molar-refractivity contribution in [3.63, 3.8) is 0 Å². The number of benzene rings is 2. The fourth-order valence-electron chi connectivity index (χ4n) is 3.91. The average molecular weight is 538 g/mol. The number of aromatic amines is 1. The van der Waals surface area contributed by atoms with Gasteiger partial charge in [-0.15, -0.1) is 0 Å². The molecule has 0 atom stereocenters. The Labute approximate surface area is 209 Å². The smallest absolute Gasteiger partial charge is 0.253 e. The molecule has 0 aliphatic heterocycles. The quantitative estimate of drug-likeness (QED) is 0.255. The summed E-state index contributed by atoms with van der Waals surface area (Å²) in [6, 6.07) is 17.2. The van der Waals surface area contributed by atoms with Gasteiger partial charge in [-0.05, 0) is 52.7 Å². The first-order valence-electron chi connectivity index (χ1n) is 10.9. The molecule has 0 fully saturated rings. The molecule has 0 unspecified atom stereocenters. The van der Waals surface area contributed by atoms with Crippen molar-refractivity contribution in [1.29, 1.82) is 0 Å². The maximum Gasteiger partial charge on any atom is 0.253 e.